The molecule has 2 rings (SSSR count). The van der Waals surface area contributed by atoms with Crippen molar-refractivity contribution >= 4 is 35.1 Å². The van der Waals surface area contributed by atoms with Crippen LogP contribution in [0.1, 0.15) is 18.1 Å². The quantitative estimate of drug-likeness (QED) is 0.676. The summed E-state index contributed by atoms with van der Waals surface area (Å²) in [6, 6.07) is 10.8. The summed E-state index contributed by atoms with van der Waals surface area (Å²) in [6.45, 7) is 3.45. The van der Waals surface area contributed by atoms with Crippen LogP contribution in [0.15, 0.2) is 42.5 Å². The molecule has 0 unspecified atom stereocenters. The van der Waals surface area contributed by atoms with Crippen molar-refractivity contribution < 1.29 is 9.53 Å². The fourth-order valence-corrected chi connectivity index (χ4v) is 2.23. The molecule has 0 saturated heterocycles. The van der Waals surface area contributed by atoms with E-state index in [2.05, 4.69) is 0 Å². The Kier molecular flexibility index (Phi) is 5.05. The van der Waals surface area contributed by atoms with Crippen molar-refractivity contribution in [3.05, 3.63) is 63.6 Å². The summed E-state index contributed by atoms with van der Waals surface area (Å²) in [6.07, 6.45) is 3.31. The minimum absolute atomic E-state index is 0.0147. The van der Waals surface area contributed by atoms with E-state index in [1.165, 1.54) is 13.0 Å². The zero-order valence-corrected chi connectivity index (χ0v) is 13.2. The summed E-state index contributed by atoms with van der Waals surface area (Å²) < 4.78 is 5.79. The van der Waals surface area contributed by atoms with Crippen LogP contribution in [0.4, 0.5) is 0 Å². The molecule has 0 aromatic heterocycles. The predicted octanol–water partition coefficient (Wildman–Crippen LogP) is 5.70. The van der Waals surface area contributed by atoms with Gasteiger partial charge in [0.05, 0.1) is 5.02 Å². The molecule has 4 heteroatoms. The van der Waals surface area contributed by atoms with Gasteiger partial charge in [-0.15, -0.1) is 0 Å². The first kappa shape index (κ1) is 15.6. The van der Waals surface area contributed by atoms with Gasteiger partial charge in [0.1, 0.15) is 11.5 Å². The van der Waals surface area contributed by atoms with E-state index in [0.29, 0.717) is 21.5 Å². The second-order valence-corrected chi connectivity index (χ2v) is 5.49. The minimum Gasteiger partial charge on any atom is -0.456 e. The van der Waals surface area contributed by atoms with E-state index in [0.717, 1.165) is 11.1 Å². The third-order valence-electron chi connectivity index (χ3n) is 2.82. The zero-order valence-electron chi connectivity index (χ0n) is 11.7. The highest BCUT2D eigenvalue weighted by Gasteiger charge is 2.06. The van der Waals surface area contributed by atoms with Gasteiger partial charge in [0, 0.05) is 5.02 Å². The molecule has 0 fully saturated rings. The van der Waals surface area contributed by atoms with Crippen LogP contribution in [0.5, 0.6) is 11.5 Å². The highest BCUT2D eigenvalue weighted by molar-refractivity contribution is 6.35. The molecule has 0 bridgehead atoms. The third-order valence-corrected chi connectivity index (χ3v) is 3.35. The van der Waals surface area contributed by atoms with Gasteiger partial charge in [-0.1, -0.05) is 35.3 Å². The lowest BCUT2D eigenvalue weighted by Gasteiger charge is -2.11. The van der Waals surface area contributed by atoms with Crippen LogP contribution in [0.3, 0.4) is 0 Å². The van der Waals surface area contributed by atoms with E-state index in [-0.39, 0.29) is 5.78 Å². The van der Waals surface area contributed by atoms with Gasteiger partial charge in [0.25, 0.3) is 0 Å². The molecule has 0 spiro atoms. The number of ketones is 1. The second-order valence-electron chi connectivity index (χ2n) is 4.65. The van der Waals surface area contributed by atoms with Gasteiger partial charge in [-0.2, -0.15) is 0 Å². The summed E-state index contributed by atoms with van der Waals surface area (Å²) in [4.78, 5) is 10.9. The average molecular weight is 321 g/mol. The molecule has 2 nitrogen and oxygen atoms in total. The van der Waals surface area contributed by atoms with E-state index in [1.807, 2.05) is 25.1 Å². The van der Waals surface area contributed by atoms with Crippen molar-refractivity contribution in [3.8, 4) is 11.5 Å². The number of halogens is 2. The highest BCUT2D eigenvalue weighted by atomic mass is 35.5. The Bertz CT molecular complexity index is 706. The van der Waals surface area contributed by atoms with Crippen molar-refractivity contribution in [1.29, 1.82) is 0 Å². The zero-order chi connectivity index (χ0) is 15.4. The molecule has 21 heavy (non-hydrogen) atoms. The molecule has 0 N–H and O–H groups in total. The van der Waals surface area contributed by atoms with Crippen molar-refractivity contribution in [2.75, 3.05) is 0 Å². The van der Waals surface area contributed by atoms with Crippen molar-refractivity contribution in [2.45, 2.75) is 13.8 Å². The lowest BCUT2D eigenvalue weighted by molar-refractivity contribution is -0.112. The molecule has 0 saturated carbocycles. The first-order chi connectivity index (χ1) is 9.95. The van der Waals surface area contributed by atoms with Crippen LogP contribution in [0.2, 0.25) is 10.0 Å². The smallest absolute Gasteiger partial charge is 0.152 e. The Hall–Kier alpha value is -1.77. The van der Waals surface area contributed by atoms with Crippen molar-refractivity contribution in [2.24, 2.45) is 0 Å². The molecule has 0 aliphatic rings. The largest absolute Gasteiger partial charge is 0.456 e. The van der Waals surface area contributed by atoms with Crippen LogP contribution >= 0.6 is 23.2 Å². The van der Waals surface area contributed by atoms with Crippen LogP contribution in [-0.2, 0) is 4.79 Å². The maximum absolute atomic E-state index is 10.9. The Morgan fingerprint density at radius 1 is 1.10 bits per heavy atom. The Morgan fingerprint density at radius 2 is 1.81 bits per heavy atom. The lowest BCUT2D eigenvalue weighted by Crippen LogP contribution is -1.89. The molecule has 0 aliphatic carbocycles. The molecular weight excluding hydrogens is 307 g/mol. The molecule has 0 atom stereocenters. The first-order valence-corrected chi connectivity index (χ1v) is 7.13. The molecule has 108 valence electrons. The number of aryl methyl sites for hydroxylation is 1. The normalized spacial score (nSPS) is 10.9. The molecule has 0 radical (unpaired) electrons. The van der Waals surface area contributed by atoms with Gasteiger partial charge >= 0.3 is 0 Å². The number of hydrogen-bond acceptors (Lipinski definition) is 2. The van der Waals surface area contributed by atoms with E-state index in [9.17, 15) is 4.79 Å². The third kappa shape index (κ3) is 4.35. The minimum atomic E-state index is 0.0147. The molecule has 0 aliphatic heterocycles. The first-order valence-electron chi connectivity index (χ1n) is 6.38. The fourth-order valence-electron chi connectivity index (χ4n) is 1.78. The predicted molar refractivity (Wildman–Crippen MR) is 87.4 cm³/mol. The van der Waals surface area contributed by atoms with Crippen molar-refractivity contribution in [1.82, 2.24) is 0 Å². The number of hydrogen-bond donors (Lipinski definition) is 0. The maximum Gasteiger partial charge on any atom is 0.152 e. The standard InChI is InChI=1S/C17H14Cl2O2/c1-11-9-13(4-3-12(2)20)5-7-16(11)21-17-8-6-14(18)10-15(17)19/h3-10H,1-2H3/b4-3+. The number of carbonyl (C=O) groups excluding carboxylic acids is 1. The summed E-state index contributed by atoms with van der Waals surface area (Å²) in [5.41, 5.74) is 1.89. The molecule has 2 aromatic carbocycles. The molecule has 0 heterocycles. The summed E-state index contributed by atoms with van der Waals surface area (Å²) in [5, 5.41) is 1.02. The van der Waals surface area contributed by atoms with Gasteiger partial charge in [0.2, 0.25) is 0 Å². The highest BCUT2D eigenvalue weighted by Crippen LogP contribution is 2.33. The monoisotopic (exact) mass is 320 g/mol. The summed E-state index contributed by atoms with van der Waals surface area (Å²) in [5.74, 6) is 1.27. The average Bonchev–Trinajstić information content (AvgIpc) is 2.42. The lowest BCUT2D eigenvalue weighted by atomic mass is 10.1. The number of allylic oxidation sites excluding steroid dienone is 1. The van der Waals surface area contributed by atoms with Gasteiger partial charge < -0.3 is 4.74 Å². The van der Waals surface area contributed by atoms with E-state index in [1.54, 1.807) is 24.3 Å². The van der Waals surface area contributed by atoms with Gasteiger partial charge in [-0.3, -0.25) is 4.79 Å². The van der Waals surface area contributed by atoms with Gasteiger partial charge in [-0.25, -0.2) is 0 Å². The van der Waals surface area contributed by atoms with E-state index >= 15 is 0 Å². The summed E-state index contributed by atoms with van der Waals surface area (Å²) >= 11 is 11.9. The topological polar surface area (TPSA) is 26.3 Å². The second kappa shape index (κ2) is 6.79. The van der Waals surface area contributed by atoms with Crippen LogP contribution < -0.4 is 4.74 Å². The van der Waals surface area contributed by atoms with E-state index in [4.69, 9.17) is 27.9 Å². The number of rotatable bonds is 4. The SMILES string of the molecule is CC(=O)/C=C/c1ccc(Oc2ccc(Cl)cc2Cl)c(C)c1. The van der Waals surface area contributed by atoms with Gasteiger partial charge in [-0.05, 0) is 61.4 Å². The summed E-state index contributed by atoms with van der Waals surface area (Å²) in [7, 11) is 0. The molecule has 2 aromatic rings. The Balaban J connectivity index is 2.23. The van der Waals surface area contributed by atoms with Crippen LogP contribution in [-0.4, -0.2) is 5.78 Å². The van der Waals surface area contributed by atoms with Crippen LogP contribution in [0.25, 0.3) is 6.08 Å². The maximum atomic E-state index is 10.9. The Labute approximate surface area is 134 Å². The number of benzene rings is 2. The number of carbonyl (C=O) groups is 1. The molecule has 0 amide bonds. The van der Waals surface area contributed by atoms with E-state index < -0.39 is 0 Å². The van der Waals surface area contributed by atoms with Crippen LogP contribution in [0, 0.1) is 6.92 Å². The van der Waals surface area contributed by atoms with Crippen molar-refractivity contribution in [3.63, 3.8) is 0 Å². The molecular formula is C17H14Cl2O2. The number of ether oxygens (including phenoxy) is 1. The van der Waals surface area contributed by atoms with Gasteiger partial charge in [0.15, 0.2) is 5.78 Å². The fraction of sp³-hybridized carbons (Fsp3) is 0.118. The Morgan fingerprint density at radius 3 is 2.43 bits per heavy atom.